The second-order valence-electron chi connectivity index (χ2n) is 5.73. The van der Waals surface area contributed by atoms with Crippen LogP contribution < -0.4 is 19.5 Å². The van der Waals surface area contributed by atoms with E-state index in [0.717, 1.165) is 25.2 Å². The lowest BCUT2D eigenvalue weighted by atomic mass is 10.1. The Balaban J connectivity index is 0.00000288. The SMILES string of the molecule is COc1cc(CCC(=O)N2CCNC(C)C2)cc(OC)c1OC.Cl. The number of amides is 1. The van der Waals surface area contributed by atoms with Crippen molar-refractivity contribution < 1.29 is 19.0 Å². The van der Waals surface area contributed by atoms with Gasteiger partial charge in [-0.3, -0.25) is 4.79 Å². The van der Waals surface area contributed by atoms with Gasteiger partial charge in [-0.05, 0) is 31.0 Å². The zero-order valence-electron chi connectivity index (χ0n) is 14.8. The van der Waals surface area contributed by atoms with Crippen LogP contribution in [0.4, 0.5) is 0 Å². The molecule has 1 fully saturated rings. The molecule has 1 unspecified atom stereocenters. The molecule has 1 atom stereocenters. The second-order valence-corrected chi connectivity index (χ2v) is 5.73. The van der Waals surface area contributed by atoms with Crippen molar-refractivity contribution in [2.45, 2.75) is 25.8 Å². The highest BCUT2D eigenvalue weighted by molar-refractivity contribution is 5.85. The minimum Gasteiger partial charge on any atom is -0.493 e. The number of halogens is 1. The molecule has 0 aromatic heterocycles. The smallest absolute Gasteiger partial charge is 0.222 e. The number of nitrogens with one attached hydrogen (secondary N) is 1. The number of carbonyl (C=O) groups is 1. The molecular formula is C17H27ClN2O4. The van der Waals surface area contributed by atoms with Crippen LogP contribution in [-0.4, -0.2) is 57.8 Å². The van der Waals surface area contributed by atoms with E-state index in [1.54, 1.807) is 21.3 Å². The van der Waals surface area contributed by atoms with Gasteiger partial charge in [0.25, 0.3) is 0 Å². The van der Waals surface area contributed by atoms with Crippen LogP contribution in [0.3, 0.4) is 0 Å². The zero-order valence-corrected chi connectivity index (χ0v) is 15.6. The molecule has 0 spiro atoms. The first-order valence-electron chi connectivity index (χ1n) is 7.89. The molecule has 0 radical (unpaired) electrons. The lowest BCUT2D eigenvalue weighted by molar-refractivity contribution is -0.132. The van der Waals surface area contributed by atoms with Crippen LogP contribution >= 0.6 is 12.4 Å². The fraction of sp³-hybridized carbons (Fsp3) is 0.588. The van der Waals surface area contributed by atoms with Crippen LogP contribution in [0.15, 0.2) is 12.1 Å². The molecule has 0 aliphatic carbocycles. The Kier molecular flexibility index (Phi) is 8.15. The van der Waals surface area contributed by atoms with Gasteiger partial charge in [0.05, 0.1) is 21.3 Å². The van der Waals surface area contributed by atoms with Gasteiger partial charge < -0.3 is 24.4 Å². The van der Waals surface area contributed by atoms with Gasteiger partial charge in [-0.25, -0.2) is 0 Å². The molecule has 1 aromatic rings. The third-order valence-electron chi connectivity index (χ3n) is 4.07. The first kappa shape index (κ1) is 20.4. The van der Waals surface area contributed by atoms with Crippen molar-refractivity contribution in [2.75, 3.05) is 41.0 Å². The standard InChI is InChI=1S/C17H26N2O4.ClH/c1-12-11-19(8-7-18-12)16(20)6-5-13-9-14(21-2)17(23-4)15(10-13)22-3;/h9-10,12,18H,5-8,11H2,1-4H3;1H. The monoisotopic (exact) mass is 358 g/mol. The molecule has 6 nitrogen and oxygen atoms in total. The van der Waals surface area contributed by atoms with Gasteiger partial charge >= 0.3 is 0 Å². The van der Waals surface area contributed by atoms with E-state index in [1.165, 1.54) is 0 Å². The van der Waals surface area contributed by atoms with E-state index in [2.05, 4.69) is 12.2 Å². The molecule has 136 valence electrons. The van der Waals surface area contributed by atoms with Gasteiger partial charge in [-0.1, -0.05) is 0 Å². The zero-order chi connectivity index (χ0) is 16.8. The number of methoxy groups -OCH3 is 3. The topological polar surface area (TPSA) is 60.0 Å². The summed E-state index contributed by atoms with van der Waals surface area (Å²) in [4.78, 5) is 14.3. The molecule has 0 bridgehead atoms. The molecule has 7 heteroatoms. The highest BCUT2D eigenvalue weighted by Gasteiger charge is 2.20. The Morgan fingerprint density at radius 2 is 1.83 bits per heavy atom. The number of nitrogens with zero attached hydrogens (tertiary/aromatic N) is 1. The van der Waals surface area contributed by atoms with Crippen LogP contribution in [0.5, 0.6) is 17.2 Å². The number of piperazine rings is 1. The highest BCUT2D eigenvalue weighted by Crippen LogP contribution is 2.38. The van der Waals surface area contributed by atoms with Crippen molar-refractivity contribution in [1.29, 1.82) is 0 Å². The largest absolute Gasteiger partial charge is 0.493 e. The number of rotatable bonds is 6. The Bertz CT molecular complexity index is 528. The second kappa shape index (κ2) is 9.59. The van der Waals surface area contributed by atoms with Crippen LogP contribution in [-0.2, 0) is 11.2 Å². The summed E-state index contributed by atoms with van der Waals surface area (Å²) in [5.41, 5.74) is 0.996. The highest BCUT2D eigenvalue weighted by atomic mass is 35.5. The van der Waals surface area contributed by atoms with Gasteiger partial charge in [0.15, 0.2) is 11.5 Å². The quantitative estimate of drug-likeness (QED) is 0.841. The fourth-order valence-electron chi connectivity index (χ4n) is 2.85. The van der Waals surface area contributed by atoms with Crippen LogP contribution in [0.2, 0.25) is 0 Å². The molecule has 1 saturated heterocycles. The van der Waals surface area contributed by atoms with E-state index in [1.807, 2.05) is 17.0 Å². The van der Waals surface area contributed by atoms with E-state index >= 15 is 0 Å². The van der Waals surface area contributed by atoms with Crippen molar-refractivity contribution in [1.82, 2.24) is 10.2 Å². The average molecular weight is 359 g/mol. The Labute approximate surface area is 149 Å². The first-order valence-corrected chi connectivity index (χ1v) is 7.89. The number of ether oxygens (including phenoxy) is 3. The molecule has 1 aliphatic rings. The summed E-state index contributed by atoms with van der Waals surface area (Å²) in [5, 5.41) is 3.34. The lowest BCUT2D eigenvalue weighted by Gasteiger charge is -2.32. The lowest BCUT2D eigenvalue weighted by Crippen LogP contribution is -2.51. The van der Waals surface area contributed by atoms with E-state index < -0.39 is 0 Å². The fourth-order valence-corrected chi connectivity index (χ4v) is 2.85. The summed E-state index contributed by atoms with van der Waals surface area (Å²) in [7, 11) is 4.76. The molecular weight excluding hydrogens is 332 g/mol. The molecule has 1 amide bonds. The Morgan fingerprint density at radius 1 is 1.21 bits per heavy atom. The van der Waals surface area contributed by atoms with E-state index in [0.29, 0.717) is 36.1 Å². The number of aryl methyl sites for hydroxylation is 1. The van der Waals surface area contributed by atoms with Crippen molar-refractivity contribution >= 4 is 18.3 Å². The molecule has 1 aliphatic heterocycles. The van der Waals surface area contributed by atoms with E-state index in [9.17, 15) is 4.79 Å². The number of carbonyl (C=O) groups excluding carboxylic acids is 1. The predicted molar refractivity (Wildman–Crippen MR) is 95.7 cm³/mol. The van der Waals surface area contributed by atoms with Gasteiger partial charge in [0.2, 0.25) is 11.7 Å². The maximum atomic E-state index is 12.4. The third-order valence-corrected chi connectivity index (χ3v) is 4.07. The maximum Gasteiger partial charge on any atom is 0.222 e. The minimum atomic E-state index is 0. The van der Waals surface area contributed by atoms with E-state index in [-0.39, 0.29) is 18.3 Å². The Morgan fingerprint density at radius 3 is 2.33 bits per heavy atom. The van der Waals surface area contributed by atoms with Crippen molar-refractivity contribution in [3.63, 3.8) is 0 Å². The predicted octanol–water partition coefficient (Wildman–Crippen LogP) is 1.89. The molecule has 1 heterocycles. The van der Waals surface area contributed by atoms with Crippen molar-refractivity contribution in [3.05, 3.63) is 17.7 Å². The molecule has 24 heavy (non-hydrogen) atoms. The van der Waals surface area contributed by atoms with Crippen molar-refractivity contribution in [2.24, 2.45) is 0 Å². The number of hydrogen-bond acceptors (Lipinski definition) is 5. The summed E-state index contributed by atoms with van der Waals surface area (Å²) >= 11 is 0. The summed E-state index contributed by atoms with van der Waals surface area (Å²) < 4.78 is 16.0. The number of benzene rings is 1. The number of hydrogen-bond donors (Lipinski definition) is 1. The van der Waals surface area contributed by atoms with Gasteiger partial charge in [-0.15, -0.1) is 12.4 Å². The molecule has 2 rings (SSSR count). The van der Waals surface area contributed by atoms with Crippen LogP contribution in [0.1, 0.15) is 18.9 Å². The normalized spacial score (nSPS) is 17.0. The van der Waals surface area contributed by atoms with Gasteiger partial charge in [0.1, 0.15) is 0 Å². The molecule has 0 saturated carbocycles. The minimum absolute atomic E-state index is 0. The summed E-state index contributed by atoms with van der Waals surface area (Å²) in [6, 6.07) is 4.15. The Hall–Kier alpha value is -1.66. The van der Waals surface area contributed by atoms with Gasteiger partial charge in [0, 0.05) is 32.1 Å². The molecule has 1 aromatic carbocycles. The van der Waals surface area contributed by atoms with E-state index in [4.69, 9.17) is 14.2 Å². The summed E-state index contributed by atoms with van der Waals surface area (Å²) in [6.07, 6.45) is 1.12. The van der Waals surface area contributed by atoms with Crippen molar-refractivity contribution in [3.8, 4) is 17.2 Å². The summed E-state index contributed by atoms with van der Waals surface area (Å²) in [5.74, 6) is 1.99. The van der Waals surface area contributed by atoms with Crippen LogP contribution in [0.25, 0.3) is 0 Å². The average Bonchev–Trinajstić information content (AvgIpc) is 2.58. The summed E-state index contributed by atoms with van der Waals surface area (Å²) in [6.45, 7) is 4.50. The maximum absolute atomic E-state index is 12.4. The molecule has 1 N–H and O–H groups in total. The van der Waals surface area contributed by atoms with Gasteiger partial charge in [-0.2, -0.15) is 0 Å². The van der Waals surface area contributed by atoms with Crippen LogP contribution in [0, 0.1) is 0 Å². The first-order chi connectivity index (χ1) is 11.1. The third kappa shape index (κ3) is 4.92.